The van der Waals surface area contributed by atoms with Crippen LogP contribution in [0.5, 0.6) is 0 Å². The van der Waals surface area contributed by atoms with Gasteiger partial charge in [-0.05, 0) is 30.9 Å². The number of rotatable bonds is 7. The summed E-state index contributed by atoms with van der Waals surface area (Å²) in [6, 6.07) is 10.5. The second kappa shape index (κ2) is 10.5. The second-order valence-corrected chi connectivity index (χ2v) is 5.21. The van der Waals surface area contributed by atoms with E-state index in [1.54, 1.807) is 0 Å². The fourth-order valence-electron chi connectivity index (χ4n) is 2.31. The number of aromatic nitrogens is 1. The minimum absolute atomic E-state index is 0. The van der Waals surface area contributed by atoms with Crippen LogP contribution in [0.4, 0.5) is 0 Å². The molecule has 0 unspecified atom stereocenters. The fraction of sp³-hybridized carbons (Fsp3) is 0.471. The summed E-state index contributed by atoms with van der Waals surface area (Å²) < 4.78 is 0. The summed E-state index contributed by atoms with van der Waals surface area (Å²) in [4.78, 5) is 8.05. The molecule has 0 saturated carbocycles. The molecular weight excluding hydrogens is 387 g/mol. The lowest BCUT2D eigenvalue weighted by molar-refractivity contribution is 0.683. The van der Waals surface area contributed by atoms with Gasteiger partial charge in [0.25, 0.3) is 0 Å². The van der Waals surface area contributed by atoms with Crippen LogP contribution in [-0.2, 0) is 6.54 Å². The molecule has 0 atom stereocenters. The molecule has 0 aliphatic rings. The van der Waals surface area contributed by atoms with Crippen molar-refractivity contribution in [3.8, 4) is 0 Å². The highest BCUT2D eigenvalue weighted by atomic mass is 127. The van der Waals surface area contributed by atoms with Gasteiger partial charge in [-0.15, -0.1) is 24.0 Å². The van der Waals surface area contributed by atoms with Gasteiger partial charge in [-0.2, -0.15) is 0 Å². The topological polar surface area (TPSA) is 52.2 Å². The van der Waals surface area contributed by atoms with Crippen LogP contribution in [0.15, 0.2) is 35.3 Å². The Morgan fingerprint density at radius 2 is 1.95 bits per heavy atom. The number of guanidine groups is 1. The predicted octanol–water partition coefficient (Wildman–Crippen LogP) is 4.03. The lowest BCUT2D eigenvalue weighted by Crippen LogP contribution is -2.37. The van der Waals surface area contributed by atoms with Crippen molar-refractivity contribution in [1.29, 1.82) is 0 Å². The maximum absolute atomic E-state index is 4.64. The number of benzene rings is 1. The molecule has 0 aliphatic carbocycles. The molecule has 3 N–H and O–H groups in total. The summed E-state index contributed by atoms with van der Waals surface area (Å²) in [5.41, 5.74) is 2.31. The molecule has 0 spiro atoms. The van der Waals surface area contributed by atoms with E-state index in [0.29, 0.717) is 6.54 Å². The van der Waals surface area contributed by atoms with Gasteiger partial charge in [-0.1, -0.05) is 38.0 Å². The van der Waals surface area contributed by atoms with Crippen LogP contribution in [0.1, 0.15) is 38.8 Å². The number of fused-ring (bicyclic) bond motifs is 1. The van der Waals surface area contributed by atoms with E-state index in [0.717, 1.165) is 24.7 Å². The summed E-state index contributed by atoms with van der Waals surface area (Å²) >= 11 is 0. The smallest absolute Gasteiger partial charge is 0.191 e. The van der Waals surface area contributed by atoms with Gasteiger partial charge in [0.1, 0.15) is 0 Å². The molecule has 1 aromatic carbocycles. The second-order valence-electron chi connectivity index (χ2n) is 5.21. The third-order valence-electron chi connectivity index (χ3n) is 3.41. The van der Waals surface area contributed by atoms with Gasteiger partial charge in [-0.3, -0.25) is 0 Å². The maximum Gasteiger partial charge on any atom is 0.191 e. The standard InChI is InChI=1S/C17H26N4.HI/c1-3-5-8-11-19-17(18-4-2)20-13-15-12-14-9-6-7-10-16(14)21-15;/h6-7,9-10,12,21H,3-5,8,11,13H2,1-2H3,(H2,18,19,20);1H. The van der Waals surface area contributed by atoms with Gasteiger partial charge in [0, 0.05) is 24.3 Å². The Morgan fingerprint density at radius 3 is 2.68 bits per heavy atom. The zero-order chi connectivity index (χ0) is 14.9. The molecule has 4 nitrogen and oxygen atoms in total. The van der Waals surface area contributed by atoms with Crippen molar-refractivity contribution in [1.82, 2.24) is 15.6 Å². The first-order valence-electron chi connectivity index (χ1n) is 7.92. The Kier molecular flexibility index (Phi) is 8.96. The number of nitrogens with zero attached hydrogens (tertiary/aromatic N) is 1. The number of hydrogen-bond acceptors (Lipinski definition) is 1. The molecule has 122 valence electrons. The third kappa shape index (κ3) is 5.87. The molecular formula is C17H27IN4. The lowest BCUT2D eigenvalue weighted by atomic mass is 10.2. The van der Waals surface area contributed by atoms with Crippen molar-refractivity contribution in [3.63, 3.8) is 0 Å². The van der Waals surface area contributed by atoms with Crippen LogP contribution in [0, 0.1) is 0 Å². The Morgan fingerprint density at radius 1 is 1.14 bits per heavy atom. The molecule has 0 saturated heterocycles. The fourth-order valence-corrected chi connectivity index (χ4v) is 2.31. The van der Waals surface area contributed by atoms with Crippen LogP contribution < -0.4 is 10.6 Å². The highest BCUT2D eigenvalue weighted by Gasteiger charge is 2.00. The first-order chi connectivity index (χ1) is 10.3. The highest BCUT2D eigenvalue weighted by molar-refractivity contribution is 14.0. The van der Waals surface area contributed by atoms with Gasteiger partial charge < -0.3 is 15.6 Å². The van der Waals surface area contributed by atoms with Gasteiger partial charge in [-0.25, -0.2) is 4.99 Å². The summed E-state index contributed by atoms with van der Waals surface area (Å²) in [6.45, 7) is 6.83. The van der Waals surface area contributed by atoms with E-state index < -0.39 is 0 Å². The SMILES string of the molecule is CCCCCNC(=NCc1cc2ccccc2[nH]1)NCC.I. The predicted molar refractivity (Wildman–Crippen MR) is 106 cm³/mol. The number of unbranched alkanes of at least 4 members (excludes halogenated alkanes) is 2. The third-order valence-corrected chi connectivity index (χ3v) is 3.41. The van der Waals surface area contributed by atoms with Crippen LogP contribution in [0.3, 0.4) is 0 Å². The summed E-state index contributed by atoms with van der Waals surface area (Å²) in [7, 11) is 0. The van der Waals surface area contributed by atoms with Crippen LogP contribution in [-0.4, -0.2) is 24.0 Å². The lowest BCUT2D eigenvalue weighted by Gasteiger charge is -2.10. The quantitative estimate of drug-likeness (QED) is 0.277. The molecule has 2 aromatic rings. The van der Waals surface area contributed by atoms with E-state index in [-0.39, 0.29) is 24.0 Å². The first-order valence-corrected chi connectivity index (χ1v) is 7.92. The number of aromatic amines is 1. The van der Waals surface area contributed by atoms with E-state index in [1.807, 2.05) is 6.07 Å². The molecule has 0 fully saturated rings. The molecule has 1 heterocycles. The van der Waals surface area contributed by atoms with E-state index in [1.165, 1.54) is 30.2 Å². The minimum Gasteiger partial charge on any atom is -0.357 e. The molecule has 2 rings (SSSR count). The van der Waals surface area contributed by atoms with Crippen LogP contribution >= 0.6 is 24.0 Å². The van der Waals surface area contributed by atoms with Crippen molar-refractivity contribution in [2.75, 3.05) is 13.1 Å². The average Bonchev–Trinajstić information content (AvgIpc) is 2.92. The van der Waals surface area contributed by atoms with Gasteiger partial charge in [0.15, 0.2) is 5.96 Å². The van der Waals surface area contributed by atoms with E-state index in [4.69, 9.17) is 0 Å². The van der Waals surface area contributed by atoms with Crippen LogP contribution in [0.2, 0.25) is 0 Å². The Bertz CT molecular complexity index is 544. The largest absolute Gasteiger partial charge is 0.357 e. The normalized spacial score (nSPS) is 11.3. The average molecular weight is 414 g/mol. The van der Waals surface area contributed by atoms with Crippen LogP contribution in [0.25, 0.3) is 10.9 Å². The van der Waals surface area contributed by atoms with Gasteiger partial charge >= 0.3 is 0 Å². The van der Waals surface area contributed by atoms with Crippen molar-refractivity contribution in [3.05, 3.63) is 36.0 Å². The number of hydrogen-bond donors (Lipinski definition) is 3. The molecule has 5 heteroatoms. The Balaban J connectivity index is 0.00000242. The molecule has 0 aliphatic heterocycles. The van der Waals surface area contributed by atoms with Crippen molar-refractivity contribution < 1.29 is 0 Å². The van der Waals surface area contributed by atoms with Gasteiger partial charge in [0.05, 0.1) is 6.54 Å². The number of nitrogens with one attached hydrogen (secondary N) is 3. The molecule has 1 aromatic heterocycles. The minimum atomic E-state index is 0. The molecule has 22 heavy (non-hydrogen) atoms. The summed E-state index contributed by atoms with van der Waals surface area (Å²) in [5, 5.41) is 7.91. The summed E-state index contributed by atoms with van der Waals surface area (Å²) in [5.74, 6) is 0.896. The van der Waals surface area contributed by atoms with E-state index >= 15 is 0 Å². The number of halogens is 1. The number of aliphatic imine (C=N–C) groups is 1. The van der Waals surface area contributed by atoms with Gasteiger partial charge in [0.2, 0.25) is 0 Å². The molecule has 0 amide bonds. The Hall–Kier alpha value is -1.24. The number of para-hydroxylation sites is 1. The van der Waals surface area contributed by atoms with E-state index in [2.05, 4.69) is 58.7 Å². The maximum atomic E-state index is 4.64. The monoisotopic (exact) mass is 414 g/mol. The molecule has 0 radical (unpaired) electrons. The molecule has 0 bridgehead atoms. The zero-order valence-electron chi connectivity index (χ0n) is 13.5. The van der Waals surface area contributed by atoms with E-state index in [9.17, 15) is 0 Å². The van der Waals surface area contributed by atoms with Crippen molar-refractivity contribution in [2.24, 2.45) is 4.99 Å². The number of H-pyrrole nitrogens is 1. The first kappa shape index (κ1) is 18.8. The summed E-state index contributed by atoms with van der Waals surface area (Å²) in [6.07, 6.45) is 3.69. The highest BCUT2D eigenvalue weighted by Crippen LogP contribution is 2.14. The Labute approximate surface area is 150 Å². The van der Waals surface area contributed by atoms with Crippen molar-refractivity contribution in [2.45, 2.75) is 39.7 Å². The van der Waals surface area contributed by atoms with Crippen molar-refractivity contribution >= 4 is 40.8 Å². The zero-order valence-corrected chi connectivity index (χ0v) is 15.8.